The molecule has 0 aromatic heterocycles. The molecule has 0 spiro atoms. The van der Waals surface area contributed by atoms with Gasteiger partial charge in [-0.05, 0) is 25.5 Å². The van der Waals surface area contributed by atoms with Gasteiger partial charge in [-0.2, -0.15) is 0 Å². The molecule has 5 heteroatoms. The maximum atomic E-state index is 13.6. The van der Waals surface area contributed by atoms with Gasteiger partial charge in [-0.25, -0.2) is 4.39 Å². The van der Waals surface area contributed by atoms with Gasteiger partial charge in [0.25, 0.3) is 0 Å². The van der Waals surface area contributed by atoms with E-state index in [1.165, 1.54) is 6.07 Å². The number of anilines is 1. The third-order valence-electron chi connectivity index (χ3n) is 3.02. The summed E-state index contributed by atoms with van der Waals surface area (Å²) in [5, 5.41) is 5.59. The van der Waals surface area contributed by atoms with Gasteiger partial charge in [0.15, 0.2) is 0 Å². The van der Waals surface area contributed by atoms with Crippen LogP contribution in [0.1, 0.15) is 12.5 Å². The molecule has 1 amide bonds. The van der Waals surface area contributed by atoms with Crippen LogP contribution in [-0.2, 0) is 9.53 Å². The van der Waals surface area contributed by atoms with Gasteiger partial charge in [-0.15, -0.1) is 0 Å². The average molecular weight is 252 g/mol. The van der Waals surface area contributed by atoms with Gasteiger partial charge in [0, 0.05) is 13.1 Å². The van der Waals surface area contributed by atoms with E-state index in [2.05, 4.69) is 10.6 Å². The molecule has 0 unspecified atom stereocenters. The third-order valence-corrected chi connectivity index (χ3v) is 3.02. The van der Waals surface area contributed by atoms with Gasteiger partial charge in [-0.1, -0.05) is 12.1 Å². The minimum Gasteiger partial charge on any atom is -0.363 e. The standard InChI is InChI=1S/C13H17FN2O2/c1-9-4-3-5-10(12(9)14)16-11(17)6-18-13(2)7-15-8-13/h3-5,15H,6-8H2,1-2H3,(H,16,17). The van der Waals surface area contributed by atoms with Crippen molar-refractivity contribution in [2.45, 2.75) is 19.4 Å². The van der Waals surface area contributed by atoms with Gasteiger partial charge in [0.1, 0.15) is 12.4 Å². The Morgan fingerprint density at radius 3 is 2.89 bits per heavy atom. The molecule has 1 aliphatic rings. The molecule has 0 radical (unpaired) electrons. The van der Waals surface area contributed by atoms with Crippen molar-refractivity contribution in [3.8, 4) is 0 Å². The van der Waals surface area contributed by atoms with Crippen LogP contribution in [-0.4, -0.2) is 31.2 Å². The van der Waals surface area contributed by atoms with Crippen molar-refractivity contribution in [3.63, 3.8) is 0 Å². The Morgan fingerprint density at radius 1 is 1.56 bits per heavy atom. The van der Waals surface area contributed by atoms with E-state index in [4.69, 9.17) is 4.74 Å². The van der Waals surface area contributed by atoms with E-state index >= 15 is 0 Å². The Bertz CT molecular complexity index is 458. The summed E-state index contributed by atoms with van der Waals surface area (Å²) in [6.45, 7) is 5.00. The monoisotopic (exact) mass is 252 g/mol. The first-order chi connectivity index (χ1) is 8.50. The summed E-state index contributed by atoms with van der Waals surface area (Å²) in [5.41, 5.74) is 0.423. The van der Waals surface area contributed by atoms with Gasteiger partial charge >= 0.3 is 0 Å². The normalized spacial score (nSPS) is 17.1. The van der Waals surface area contributed by atoms with E-state index in [1.54, 1.807) is 19.1 Å². The number of halogens is 1. The maximum Gasteiger partial charge on any atom is 0.250 e. The summed E-state index contributed by atoms with van der Waals surface area (Å²) in [7, 11) is 0. The molecule has 1 heterocycles. The average Bonchev–Trinajstić information content (AvgIpc) is 2.30. The van der Waals surface area contributed by atoms with Gasteiger partial charge in [0.05, 0.1) is 11.3 Å². The topological polar surface area (TPSA) is 50.4 Å². The van der Waals surface area contributed by atoms with E-state index in [1.807, 2.05) is 6.92 Å². The molecule has 2 rings (SSSR count). The zero-order chi connectivity index (χ0) is 13.2. The lowest BCUT2D eigenvalue weighted by Crippen LogP contribution is -2.59. The summed E-state index contributed by atoms with van der Waals surface area (Å²) in [4.78, 5) is 11.6. The number of ether oxygens (including phenoxy) is 1. The fourth-order valence-corrected chi connectivity index (χ4v) is 1.75. The second kappa shape index (κ2) is 5.04. The molecule has 0 aliphatic carbocycles. The van der Waals surface area contributed by atoms with Crippen LogP contribution in [0.15, 0.2) is 18.2 Å². The second-order valence-corrected chi connectivity index (χ2v) is 4.83. The smallest absolute Gasteiger partial charge is 0.250 e. The lowest BCUT2D eigenvalue weighted by atomic mass is 10.0. The number of rotatable bonds is 4. The van der Waals surface area contributed by atoms with Crippen LogP contribution in [0, 0.1) is 12.7 Å². The highest BCUT2D eigenvalue weighted by atomic mass is 19.1. The minimum atomic E-state index is -0.401. The van der Waals surface area contributed by atoms with E-state index in [0.717, 1.165) is 13.1 Å². The van der Waals surface area contributed by atoms with Crippen LogP contribution in [0.3, 0.4) is 0 Å². The number of hydrogen-bond acceptors (Lipinski definition) is 3. The molecule has 1 saturated heterocycles. The maximum absolute atomic E-state index is 13.6. The van der Waals surface area contributed by atoms with Crippen LogP contribution < -0.4 is 10.6 Å². The first kappa shape index (κ1) is 13.0. The number of amides is 1. The van der Waals surface area contributed by atoms with Gasteiger partial charge in [-0.3, -0.25) is 4.79 Å². The highest BCUT2D eigenvalue weighted by Crippen LogP contribution is 2.18. The summed E-state index contributed by atoms with van der Waals surface area (Å²) in [5.74, 6) is -0.741. The molecule has 98 valence electrons. The molecular formula is C13H17FN2O2. The lowest BCUT2D eigenvalue weighted by Gasteiger charge is -2.38. The van der Waals surface area contributed by atoms with Gasteiger partial charge < -0.3 is 15.4 Å². The summed E-state index contributed by atoms with van der Waals surface area (Å²) in [6, 6.07) is 4.89. The fourth-order valence-electron chi connectivity index (χ4n) is 1.75. The highest BCUT2D eigenvalue weighted by Gasteiger charge is 2.33. The molecule has 1 fully saturated rings. The zero-order valence-electron chi connectivity index (χ0n) is 10.5. The van der Waals surface area contributed by atoms with Crippen molar-refractivity contribution in [2.75, 3.05) is 25.0 Å². The molecule has 2 N–H and O–H groups in total. The molecule has 1 aliphatic heterocycles. The predicted octanol–water partition coefficient (Wildman–Crippen LogP) is 1.45. The zero-order valence-corrected chi connectivity index (χ0v) is 10.5. The van der Waals surface area contributed by atoms with Crippen LogP contribution in [0.2, 0.25) is 0 Å². The van der Waals surface area contributed by atoms with Crippen molar-refractivity contribution < 1.29 is 13.9 Å². The Balaban J connectivity index is 1.89. The molecule has 0 atom stereocenters. The number of carbonyl (C=O) groups is 1. The molecular weight excluding hydrogens is 235 g/mol. The largest absolute Gasteiger partial charge is 0.363 e. The molecule has 18 heavy (non-hydrogen) atoms. The number of carbonyl (C=O) groups excluding carboxylic acids is 1. The SMILES string of the molecule is Cc1cccc(NC(=O)COC2(C)CNC2)c1F. The fraction of sp³-hybridized carbons (Fsp3) is 0.462. The Labute approximate surface area is 106 Å². The van der Waals surface area contributed by atoms with E-state index in [0.29, 0.717) is 5.56 Å². The number of benzene rings is 1. The van der Waals surface area contributed by atoms with Crippen molar-refractivity contribution in [3.05, 3.63) is 29.6 Å². The van der Waals surface area contributed by atoms with E-state index in [-0.39, 0.29) is 23.8 Å². The van der Waals surface area contributed by atoms with Crippen LogP contribution in [0.25, 0.3) is 0 Å². The second-order valence-electron chi connectivity index (χ2n) is 4.83. The van der Waals surface area contributed by atoms with Crippen molar-refractivity contribution in [2.24, 2.45) is 0 Å². The van der Waals surface area contributed by atoms with Gasteiger partial charge in [0.2, 0.25) is 5.91 Å². The van der Waals surface area contributed by atoms with Crippen LogP contribution in [0.4, 0.5) is 10.1 Å². The van der Waals surface area contributed by atoms with E-state index in [9.17, 15) is 9.18 Å². The first-order valence-electron chi connectivity index (χ1n) is 5.90. The van der Waals surface area contributed by atoms with Crippen molar-refractivity contribution in [1.29, 1.82) is 0 Å². The third kappa shape index (κ3) is 2.86. The van der Waals surface area contributed by atoms with Crippen molar-refractivity contribution >= 4 is 11.6 Å². The Hall–Kier alpha value is -1.46. The summed E-state index contributed by atoms with van der Waals surface area (Å²) >= 11 is 0. The Morgan fingerprint density at radius 2 is 2.28 bits per heavy atom. The number of aryl methyl sites for hydroxylation is 1. The number of nitrogens with one attached hydrogen (secondary N) is 2. The predicted molar refractivity (Wildman–Crippen MR) is 67.0 cm³/mol. The molecule has 1 aromatic rings. The lowest BCUT2D eigenvalue weighted by molar-refractivity contribution is -0.130. The molecule has 1 aromatic carbocycles. The highest BCUT2D eigenvalue weighted by molar-refractivity contribution is 5.91. The quantitative estimate of drug-likeness (QED) is 0.852. The van der Waals surface area contributed by atoms with Crippen LogP contribution >= 0.6 is 0 Å². The summed E-state index contributed by atoms with van der Waals surface area (Å²) in [6.07, 6.45) is 0. The first-order valence-corrected chi connectivity index (χ1v) is 5.90. The van der Waals surface area contributed by atoms with Crippen LogP contribution in [0.5, 0.6) is 0 Å². The Kier molecular flexibility index (Phi) is 3.63. The molecule has 4 nitrogen and oxygen atoms in total. The summed E-state index contributed by atoms with van der Waals surface area (Å²) < 4.78 is 19.1. The molecule has 0 bridgehead atoms. The number of hydrogen-bond donors (Lipinski definition) is 2. The molecule has 0 saturated carbocycles. The van der Waals surface area contributed by atoms with Crippen molar-refractivity contribution in [1.82, 2.24) is 5.32 Å². The minimum absolute atomic E-state index is 0.0639. The van der Waals surface area contributed by atoms with E-state index < -0.39 is 5.82 Å².